The van der Waals surface area contributed by atoms with Crippen LogP contribution in [0.1, 0.15) is 25.7 Å². The molecule has 0 aliphatic heterocycles. The normalized spacial score (nSPS) is 14.2. The summed E-state index contributed by atoms with van der Waals surface area (Å²) in [5.41, 5.74) is 2.12. The maximum atomic E-state index is 13.4. The number of hydrogen-bond acceptors (Lipinski definition) is 5. The summed E-state index contributed by atoms with van der Waals surface area (Å²) >= 11 is 1.39. The first kappa shape index (κ1) is 18.7. The molecule has 3 aromatic rings. The molecule has 4 nitrogen and oxygen atoms in total. The molecule has 0 spiro atoms. The standard InChI is InChI=1S/C21H20F2N2O2S/c1-26-19-9-6-13(10-20(19)27-15-4-2-3-5-15)18-12-28-21(25-18)24-14-7-8-16(22)17(23)11-14/h6-12,15H,2-5H2,1H3,(H,24,25). The fraction of sp³-hybridized carbons (Fsp3) is 0.286. The van der Waals surface area contributed by atoms with E-state index in [1.807, 2.05) is 23.6 Å². The zero-order chi connectivity index (χ0) is 19.5. The lowest BCUT2D eigenvalue weighted by Crippen LogP contribution is -2.11. The van der Waals surface area contributed by atoms with E-state index in [4.69, 9.17) is 9.47 Å². The summed E-state index contributed by atoms with van der Waals surface area (Å²) < 4.78 is 38.0. The number of aromatic nitrogens is 1. The van der Waals surface area contributed by atoms with E-state index < -0.39 is 11.6 Å². The van der Waals surface area contributed by atoms with Crippen molar-refractivity contribution in [3.63, 3.8) is 0 Å². The van der Waals surface area contributed by atoms with Crippen LogP contribution in [0.15, 0.2) is 41.8 Å². The Morgan fingerprint density at radius 2 is 1.86 bits per heavy atom. The quantitative estimate of drug-likeness (QED) is 0.536. The molecule has 1 aliphatic rings. The average Bonchev–Trinajstić information content (AvgIpc) is 3.37. The van der Waals surface area contributed by atoms with E-state index in [2.05, 4.69) is 10.3 Å². The first-order valence-corrected chi connectivity index (χ1v) is 10.0. The molecular weight excluding hydrogens is 382 g/mol. The van der Waals surface area contributed by atoms with Crippen molar-refractivity contribution in [2.24, 2.45) is 0 Å². The number of rotatable bonds is 6. The van der Waals surface area contributed by atoms with Gasteiger partial charge in [-0.05, 0) is 56.0 Å². The third-order valence-corrected chi connectivity index (χ3v) is 5.49. The van der Waals surface area contributed by atoms with E-state index in [0.717, 1.165) is 42.0 Å². The molecule has 0 atom stereocenters. The zero-order valence-electron chi connectivity index (χ0n) is 15.4. The maximum Gasteiger partial charge on any atom is 0.187 e. The predicted octanol–water partition coefficient (Wildman–Crippen LogP) is 6.16. The summed E-state index contributed by atoms with van der Waals surface area (Å²) in [6, 6.07) is 9.41. The van der Waals surface area contributed by atoms with Crippen molar-refractivity contribution in [2.75, 3.05) is 12.4 Å². The highest BCUT2D eigenvalue weighted by Gasteiger charge is 2.19. The first-order chi connectivity index (χ1) is 13.6. The zero-order valence-corrected chi connectivity index (χ0v) is 16.2. The molecule has 1 saturated carbocycles. The largest absolute Gasteiger partial charge is 0.493 e. The Morgan fingerprint density at radius 3 is 2.61 bits per heavy atom. The third-order valence-electron chi connectivity index (χ3n) is 4.73. The number of benzene rings is 2. The van der Waals surface area contributed by atoms with Crippen LogP contribution in [0.2, 0.25) is 0 Å². The van der Waals surface area contributed by atoms with Crippen LogP contribution in [0, 0.1) is 11.6 Å². The van der Waals surface area contributed by atoms with Crippen LogP contribution in [0.25, 0.3) is 11.3 Å². The van der Waals surface area contributed by atoms with Gasteiger partial charge in [-0.25, -0.2) is 13.8 Å². The van der Waals surface area contributed by atoms with Gasteiger partial charge < -0.3 is 14.8 Å². The summed E-state index contributed by atoms with van der Waals surface area (Å²) in [6.45, 7) is 0. The highest BCUT2D eigenvalue weighted by molar-refractivity contribution is 7.14. The molecule has 1 aliphatic carbocycles. The third kappa shape index (κ3) is 4.09. The lowest BCUT2D eigenvalue weighted by Gasteiger charge is -2.16. The topological polar surface area (TPSA) is 43.4 Å². The Balaban J connectivity index is 1.54. The molecule has 4 rings (SSSR count). The first-order valence-electron chi connectivity index (χ1n) is 9.15. The second kappa shape index (κ2) is 8.14. The van der Waals surface area contributed by atoms with Crippen LogP contribution in [-0.4, -0.2) is 18.2 Å². The molecule has 28 heavy (non-hydrogen) atoms. The number of nitrogens with one attached hydrogen (secondary N) is 1. The molecule has 0 saturated heterocycles. The highest BCUT2D eigenvalue weighted by atomic mass is 32.1. The smallest absolute Gasteiger partial charge is 0.187 e. The van der Waals surface area contributed by atoms with Gasteiger partial charge in [0.1, 0.15) is 0 Å². The Kier molecular flexibility index (Phi) is 5.43. The molecule has 0 bridgehead atoms. The van der Waals surface area contributed by atoms with Gasteiger partial charge >= 0.3 is 0 Å². The van der Waals surface area contributed by atoms with Crippen molar-refractivity contribution in [3.8, 4) is 22.8 Å². The van der Waals surface area contributed by atoms with Crippen LogP contribution in [0.3, 0.4) is 0 Å². The molecular formula is C21H20F2N2O2S. The van der Waals surface area contributed by atoms with E-state index in [9.17, 15) is 8.78 Å². The molecule has 0 radical (unpaired) electrons. The summed E-state index contributed by atoms with van der Waals surface area (Å²) in [4.78, 5) is 4.55. The van der Waals surface area contributed by atoms with Crippen molar-refractivity contribution in [1.29, 1.82) is 0 Å². The van der Waals surface area contributed by atoms with Crippen molar-refractivity contribution >= 4 is 22.2 Å². The van der Waals surface area contributed by atoms with Crippen molar-refractivity contribution in [3.05, 3.63) is 53.4 Å². The van der Waals surface area contributed by atoms with Gasteiger partial charge in [-0.3, -0.25) is 0 Å². The van der Waals surface area contributed by atoms with Gasteiger partial charge in [0.15, 0.2) is 28.3 Å². The molecule has 0 unspecified atom stereocenters. The summed E-state index contributed by atoms with van der Waals surface area (Å²) in [5, 5.41) is 5.50. The number of thiazole rings is 1. The minimum atomic E-state index is -0.898. The second-order valence-electron chi connectivity index (χ2n) is 6.68. The SMILES string of the molecule is COc1ccc(-c2csc(Nc3ccc(F)c(F)c3)n2)cc1OC1CCCC1. The molecule has 1 fully saturated rings. The fourth-order valence-electron chi connectivity index (χ4n) is 3.27. The number of methoxy groups -OCH3 is 1. The monoisotopic (exact) mass is 402 g/mol. The molecule has 1 N–H and O–H groups in total. The van der Waals surface area contributed by atoms with Gasteiger partial charge in [0.2, 0.25) is 0 Å². The van der Waals surface area contributed by atoms with E-state index >= 15 is 0 Å². The maximum absolute atomic E-state index is 13.4. The van der Waals surface area contributed by atoms with E-state index in [-0.39, 0.29) is 6.10 Å². The lowest BCUT2D eigenvalue weighted by molar-refractivity contribution is 0.201. The minimum Gasteiger partial charge on any atom is -0.493 e. The second-order valence-corrected chi connectivity index (χ2v) is 7.54. The summed E-state index contributed by atoms with van der Waals surface area (Å²) in [7, 11) is 1.63. The Labute approximate surface area is 166 Å². The van der Waals surface area contributed by atoms with Crippen molar-refractivity contribution < 1.29 is 18.3 Å². The summed E-state index contributed by atoms with van der Waals surface area (Å²) in [6.07, 6.45) is 4.74. The van der Waals surface area contributed by atoms with Gasteiger partial charge in [0.05, 0.1) is 18.9 Å². The Bertz CT molecular complexity index is 971. The Morgan fingerprint density at radius 1 is 1.04 bits per heavy atom. The average molecular weight is 402 g/mol. The number of hydrogen-bond donors (Lipinski definition) is 1. The number of nitrogens with zero attached hydrogens (tertiary/aromatic N) is 1. The highest BCUT2D eigenvalue weighted by Crippen LogP contribution is 2.36. The van der Waals surface area contributed by atoms with Crippen molar-refractivity contribution in [1.82, 2.24) is 4.98 Å². The fourth-order valence-corrected chi connectivity index (χ4v) is 4.01. The molecule has 146 valence electrons. The van der Waals surface area contributed by atoms with Gasteiger partial charge in [0, 0.05) is 22.7 Å². The minimum absolute atomic E-state index is 0.227. The van der Waals surface area contributed by atoms with Gasteiger partial charge in [-0.2, -0.15) is 0 Å². The van der Waals surface area contributed by atoms with E-state index in [0.29, 0.717) is 16.6 Å². The van der Waals surface area contributed by atoms with Gasteiger partial charge in [-0.15, -0.1) is 11.3 Å². The molecule has 0 amide bonds. The van der Waals surface area contributed by atoms with Crippen LogP contribution in [0.4, 0.5) is 19.6 Å². The van der Waals surface area contributed by atoms with E-state index in [1.165, 1.54) is 30.2 Å². The Hall–Kier alpha value is -2.67. The molecule has 7 heteroatoms. The van der Waals surface area contributed by atoms with Crippen LogP contribution < -0.4 is 14.8 Å². The van der Waals surface area contributed by atoms with Crippen LogP contribution in [0.5, 0.6) is 11.5 Å². The lowest BCUT2D eigenvalue weighted by atomic mass is 10.1. The van der Waals surface area contributed by atoms with Gasteiger partial charge in [0.25, 0.3) is 0 Å². The van der Waals surface area contributed by atoms with E-state index in [1.54, 1.807) is 7.11 Å². The van der Waals surface area contributed by atoms with Crippen LogP contribution in [-0.2, 0) is 0 Å². The predicted molar refractivity (Wildman–Crippen MR) is 107 cm³/mol. The molecule has 2 aromatic carbocycles. The summed E-state index contributed by atoms with van der Waals surface area (Å²) in [5.74, 6) is -0.356. The number of anilines is 2. The van der Waals surface area contributed by atoms with Gasteiger partial charge in [-0.1, -0.05) is 0 Å². The van der Waals surface area contributed by atoms with Crippen molar-refractivity contribution in [2.45, 2.75) is 31.8 Å². The molecule has 1 aromatic heterocycles. The number of ether oxygens (including phenoxy) is 2. The molecule has 1 heterocycles. The van der Waals surface area contributed by atoms with Crippen LogP contribution >= 0.6 is 11.3 Å². The number of halogens is 2.